The van der Waals surface area contributed by atoms with Gasteiger partial charge >= 0.3 is 0 Å². The van der Waals surface area contributed by atoms with Crippen molar-refractivity contribution in [2.75, 3.05) is 13.6 Å². The summed E-state index contributed by atoms with van der Waals surface area (Å²) in [4.78, 5) is 6.65. The van der Waals surface area contributed by atoms with Gasteiger partial charge in [-0.3, -0.25) is 9.88 Å². The van der Waals surface area contributed by atoms with Crippen molar-refractivity contribution in [3.05, 3.63) is 53.9 Å². The summed E-state index contributed by atoms with van der Waals surface area (Å²) in [6.07, 6.45) is 4.91. The SMILES string of the molecule is CC1c2cccc(-c3cccnc3)c2CCN1C. The molecule has 2 heteroatoms. The zero-order valence-electron chi connectivity index (χ0n) is 10.9. The van der Waals surface area contributed by atoms with Crippen LogP contribution in [0.3, 0.4) is 0 Å². The van der Waals surface area contributed by atoms with Crippen LogP contribution in [0, 0.1) is 0 Å². The van der Waals surface area contributed by atoms with E-state index in [0.29, 0.717) is 6.04 Å². The molecule has 2 nitrogen and oxygen atoms in total. The first-order chi connectivity index (χ1) is 8.77. The molecule has 0 radical (unpaired) electrons. The van der Waals surface area contributed by atoms with Crippen LogP contribution in [-0.4, -0.2) is 23.5 Å². The first-order valence-electron chi connectivity index (χ1n) is 6.50. The molecule has 1 aromatic carbocycles. The molecular weight excluding hydrogens is 220 g/mol. The van der Waals surface area contributed by atoms with Crippen LogP contribution in [0.15, 0.2) is 42.7 Å². The fraction of sp³-hybridized carbons (Fsp3) is 0.312. The topological polar surface area (TPSA) is 16.1 Å². The number of likely N-dealkylation sites (N-methyl/N-ethyl adjacent to an activating group) is 1. The van der Waals surface area contributed by atoms with Gasteiger partial charge in [-0.05, 0) is 43.1 Å². The molecule has 0 N–H and O–H groups in total. The molecule has 0 amide bonds. The molecule has 2 heterocycles. The predicted molar refractivity (Wildman–Crippen MR) is 74.4 cm³/mol. The van der Waals surface area contributed by atoms with Crippen molar-refractivity contribution in [2.24, 2.45) is 0 Å². The standard InChI is InChI=1S/C16H18N2/c1-12-14-6-3-7-15(13-5-4-9-17-11-13)16(14)8-10-18(12)2/h3-7,9,11-12H,8,10H2,1-2H3. The largest absolute Gasteiger partial charge is 0.299 e. The van der Waals surface area contributed by atoms with Gasteiger partial charge in [-0.1, -0.05) is 24.3 Å². The van der Waals surface area contributed by atoms with E-state index >= 15 is 0 Å². The first kappa shape index (κ1) is 11.4. The molecule has 1 aliphatic rings. The maximum absolute atomic E-state index is 4.23. The highest BCUT2D eigenvalue weighted by Gasteiger charge is 2.22. The molecule has 0 aliphatic carbocycles. The number of fused-ring (bicyclic) bond motifs is 1. The lowest BCUT2D eigenvalue weighted by Crippen LogP contribution is -2.30. The van der Waals surface area contributed by atoms with Crippen molar-refractivity contribution < 1.29 is 0 Å². The van der Waals surface area contributed by atoms with Gasteiger partial charge in [-0.15, -0.1) is 0 Å². The fourth-order valence-corrected chi connectivity index (χ4v) is 2.79. The Labute approximate surface area is 108 Å². The number of pyridine rings is 1. The van der Waals surface area contributed by atoms with Gasteiger partial charge in [-0.25, -0.2) is 0 Å². The number of benzene rings is 1. The molecule has 0 saturated heterocycles. The Bertz CT molecular complexity index is 548. The molecule has 0 spiro atoms. The minimum atomic E-state index is 0.505. The Morgan fingerprint density at radius 1 is 1.22 bits per heavy atom. The average molecular weight is 238 g/mol. The van der Waals surface area contributed by atoms with Gasteiger partial charge in [0, 0.05) is 30.5 Å². The van der Waals surface area contributed by atoms with Crippen LogP contribution in [-0.2, 0) is 6.42 Å². The molecule has 18 heavy (non-hydrogen) atoms. The lowest BCUT2D eigenvalue weighted by Gasteiger charge is -2.33. The maximum Gasteiger partial charge on any atom is 0.0346 e. The molecule has 1 atom stereocenters. The van der Waals surface area contributed by atoms with Gasteiger partial charge in [0.25, 0.3) is 0 Å². The summed E-state index contributed by atoms with van der Waals surface area (Å²) in [5.41, 5.74) is 5.54. The lowest BCUT2D eigenvalue weighted by atomic mass is 9.88. The van der Waals surface area contributed by atoms with Crippen LogP contribution in [0.1, 0.15) is 24.1 Å². The molecule has 2 aromatic rings. The Kier molecular flexibility index (Phi) is 2.88. The zero-order valence-corrected chi connectivity index (χ0v) is 10.9. The van der Waals surface area contributed by atoms with Crippen molar-refractivity contribution >= 4 is 0 Å². The number of hydrogen-bond acceptors (Lipinski definition) is 2. The second-order valence-electron chi connectivity index (χ2n) is 5.02. The highest BCUT2D eigenvalue weighted by atomic mass is 15.1. The fourth-order valence-electron chi connectivity index (χ4n) is 2.79. The van der Waals surface area contributed by atoms with Crippen LogP contribution >= 0.6 is 0 Å². The molecule has 92 valence electrons. The monoisotopic (exact) mass is 238 g/mol. The lowest BCUT2D eigenvalue weighted by molar-refractivity contribution is 0.248. The van der Waals surface area contributed by atoms with Crippen LogP contribution in [0.2, 0.25) is 0 Å². The van der Waals surface area contributed by atoms with Crippen molar-refractivity contribution in [2.45, 2.75) is 19.4 Å². The number of nitrogens with zero attached hydrogens (tertiary/aromatic N) is 2. The summed E-state index contributed by atoms with van der Waals surface area (Å²) in [6, 6.07) is 11.3. The Morgan fingerprint density at radius 2 is 2.11 bits per heavy atom. The van der Waals surface area contributed by atoms with Crippen LogP contribution in [0.5, 0.6) is 0 Å². The van der Waals surface area contributed by atoms with Crippen LogP contribution in [0.25, 0.3) is 11.1 Å². The normalized spacial score (nSPS) is 19.6. The maximum atomic E-state index is 4.23. The minimum Gasteiger partial charge on any atom is -0.299 e. The summed E-state index contributed by atoms with van der Waals surface area (Å²) in [6.45, 7) is 3.41. The summed E-state index contributed by atoms with van der Waals surface area (Å²) >= 11 is 0. The number of rotatable bonds is 1. The number of hydrogen-bond donors (Lipinski definition) is 0. The molecule has 0 saturated carbocycles. The smallest absolute Gasteiger partial charge is 0.0346 e. The van der Waals surface area contributed by atoms with E-state index in [2.05, 4.69) is 48.1 Å². The summed E-state index contributed by atoms with van der Waals surface area (Å²) in [5, 5.41) is 0. The molecule has 1 aliphatic heterocycles. The van der Waals surface area contributed by atoms with Gasteiger partial charge < -0.3 is 0 Å². The van der Waals surface area contributed by atoms with Gasteiger partial charge in [-0.2, -0.15) is 0 Å². The summed E-state index contributed by atoms with van der Waals surface area (Å²) < 4.78 is 0. The Balaban J connectivity index is 2.14. The Hall–Kier alpha value is -1.67. The first-order valence-corrected chi connectivity index (χ1v) is 6.50. The second kappa shape index (κ2) is 4.54. The van der Waals surface area contributed by atoms with Crippen molar-refractivity contribution in [3.63, 3.8) is 0 Å². The van der Waals surface area contributed by atoms with E-state index < -0.39 is 0 Å². The van der Waals surface area contributed by atoms with E-state index in [1.165, 1.54) is 22.3 Å². The third kappa shape index (κ3) is 1.83. The third-order valence-electron chi connectivity index (χ3n) is 4.01. The predicted octanol–water partition coefficient (Wildman–Crippen LogP) is 3.30. The number of aromatic nitrogens is 1. The van der Waals surface area contributed by atoms with Crippen molar-refractivity contribution in [1.82, 2.24) is 9.88 Å². The molecule has 1 unspecified atom stereocenters. The average Bonchev–Trinajstić information content (AvgIpc) is 2.43. The third-order valence-corrected chi connectivity index (χ3v) is 4.01. The molecule has 3 rings (SSSR count). The molecule has 1 aromatic heterocycles. The van der Waals surface area contributed by atoms with Crippen LogP contribution in [0.4, 0.5) is 0 Å². The van der Waals surface area contributed by atoms with E-state index in [4.69, 9.17) is 0 Å². The highest BCUT2D eigenvalue weighted by molar-refractivity contribution is 5.68. The van der Waals surface area contributed by atoms with E-state index in [-0.39, 0.29) is 0 Å². The summed E-state index contributed by atoms with van der Waals surface area (Å²) in [5.74, 6) is 0. The van der Waals surface area contributed by atoms with E-state index in [1.54, 1.807) is 0 Å². The Morgan fingerprint density at radius 3 is 2.89 bits per heavy atom. The van der Waals surface area contributed by atoms with E-state index in [0.717, 1.165) is 13.0 Å². The van der Waals surface area contributed by atoms with Crippen molar-refractivity contribution in [3.8, 4) is 11.1 Å². The summed E-state index contributed by atoms with van der Waals surface area (Å²) in [7, 11) is 2.20. The van der Waals surface area contributed by atoms with Crippen molar-refractivity contribution in [1.29, 1.82) is 0 Å². The zero-order chi connectivity index (χ0) is 12.5. The van der Waals surface area contributed by atoms with Gasteiger partial charge in [0.15, 0.2) is 0 Å². The molecule has 0 fully saturated rings. The highest BCUT2D eigenvalue weighted by Crippen LogP contribution is 2.34. The van der Waals surface area contributed by atoms with Crippen LogP contribution < -0.4 is 0 Å². The second-order valence-corrected chi connectivity index (χ2v) is 5.02. The van der Waals surface area contributed by atoms with Gasteiger partial charge in [0.05, 0.1) is 0 Å². The van der Waals surface area contributed by atoms with E-state index in [9.17, 15) is 0 Å². The van der Waals surface area contributed by atoms with Gasteiger partial charge in [0.1, 0.15) is 0 Å². The molecular formula is C16H18N2. The van der Waals surface area contributed by atoms with E-state index in [1.807, 2.05) is 18.5 Å². The van der Waals surface area contributed by atoms with Gasteiger partial charge in [0.2, 0.25) is 0 Å². The molecule has 0 bridgehead atoms. The quantitative estimate of drug-likeness (QED) is 0.758. The minimum absolute atomic E-state index is 0.505.